The van der Waals surface area contributed by atoms with Crippen LogP contribution in [0.3, 0.4) is 0 Å². The number of aliphatic hydroxyl groups excluding tert-OH is 1. The molecule has 4 unspecified atom stereocenters. The van der Waals surface area contributed by atoms with E-state index in [4.69, 9.17) is 18.9 Å². The fourth-order valence-electron chi connectivity index (χ4n) is 8.82. The van der Waals surface area contributed by atoms with E-state index in [1.54, 1.807) is 19.1 Å². The molecule has 0 aromatic heterocycles. The van der Waals surface area contributed by atoms with Crippen molar-refractivity contribution in [2.24, 2.45) is 41.4 Å². The van der Waals surface area contributed by atoms with E-state index < -0.39 is 12.2 Å². The molecular formula is C36H49FO7. The largest absolute Gasteiger partial charge is 0.498 e. The minimum Gasteiger partial charge on any atom is -0.498 e. The van der Waals surface area contributed by atoms with E-state index in [9.17, 15) is 19.1 Å². The third-order valence-corrected chi connectivity index (χ3v) is 10.9. The van der Waals surface area contributed by atoms with Crippen LogP contribution in [0.1, 0.15) is 83.6 Å². The molecule has 2 saturated carbocycles. The summed E-state index contributed by atoms with van der Waals surface area (Å²) in [6.07, 6.45) is 8.57. The van der Waals surface area contributed by atoms with Crippen LogP contribution in [0.25, 0.3) is 0 Å². The molecule has 1 aliphatic heterocycles. The number of hydrogen-bond acceptors (Lipinski definition) is 7. The Labute approximate surface area is 261 Å². The maximum Gasteiger partial charge on any atom is 0.306 e. The molecule has 7 nitrogen and oxygen atoms in total. The smallest absolute Gasteiger partial charge is 0.306 e. The zero-order chi connectivity index (χ0) is 31.5. The number of carbonyl (C=O) groups is 2. The number of aliphatic hydroxyl groups is 1. The van der Waals surface area contributed by atoms with Crippen LogP contribution in [0.2, 0.25) is 0 Å². The Hall–Kier alpha value is -2.71. The highest BCUT2D eigenvalue weighted by molar-refractivity contribution is 5.86. The summed E-state index contributed by atoms with van der Waals surface area (Å²) in [7, 11) is 2.99. The summed E-state index contributed by atoms with van der Waals surface area (Å²) in [6, 6.07) is 6.68. The van der Waals surface area contributed by atoms with E-state index in [0.29, 0.717) is 18.6 Å². The van der Waals surface area contributed by atoms with Gasteiger partial charge in [-0.2, -0.15) is 0 Å². The minimum atomic E-state index is -1.27. The van der Waals surface area contributed by atoms with Gasteiger partial charge in [0.15, 0.2) is 5.76 Å². The Kier molecular flexibility index (Phi) is 10.5. The lowest BCUT2D eigenvalue weighted by Crippen LogP contribution is -2.33. The summed E-state index contributed by atoms with van der Waals surface area (Å²) in [5.41, 5.74) is 0.818. The van der Waals surface area contributed by atoms with Gasteiger partial charge in [-0.3, -0.25) is 9.59 Å². The Bertz CT molecular complexity index is 1240. The zero-order valence-corrected chi connectivity index (χ0v) is 26.7. The molecule has 3 aliphatic carbocycles. The van der Waals surface area contributed by atoms with Crippen LogP contribution < -0.4 is 0 Å². The molecule has 1 aromatic rings. The fraction of sp³-hybridized carbons (Fsp3) is 0.667. The maximum atomic E-state index is 14.8. The zero-order valence-electron chi connectivity index (χ0n) is 26.7. The summed E-state index contributed by atoms with van der Waals surface area (Å²) in [4.78, 5) is 27.9. The minimum absolute atomic E-state index is 0.0155. The molecule has 44 heavy (non-hydrogen) atoms. The number of ketones is 1. The maximum absolute atomic E-state index is 14.8. The lowest BCUT2D eigenvalue weighted by molar-refractivity contribution is -0.152. The van der Waals surface area contributed by atoms with E-state index in [1.807, 2.05) is 19.9 Å². The quantitative estimate of drug-likeness (QED) is 0.159. The Balaban J connectivity index is 1.51. The van der Waals surface area contributed by atoms with Gasteiger partial charge in [-0.15, -0.1) is 0 Å². The van der Waals surface area contributed by atoms with Gasteiger partial charge in [-0.25, -0.2) is 4.39 Å². The molecule has 1 N–H and O–H groups in total. The van der Waals surface area contributed by atoms with Crippen molar-refractivity contribution in [1.82, 2.24) is 0 Å². The number of esters is 1. The van der Waals surface area contributed by atoms with Gasteiger partial charge in [0.1, 0.15) is 23.5 Å². The average molecular weight is 613 g/mol. The third-order valence-electron chi connectivity index (χ3n) is 10.9. The van der Waals surface area contributed by atoms with Crippen molar-refractivity contribution in [2.45, 2.75) is 96.6 Å². The highest BCUT2D eigenvalue weighted by Gasteiger charge is 2.59. The van der Waals surface area contributed by atoms with Crippen LogP contribution >= 0.6 is 0 Å². The van der Waals surface area contributed by atoms with E-state index in [-0.39, 0.29) is 83.4 Å². The molecule has 242 valence electrons. The van der Waals surface area contributed by atoms with Gasteiger partial charge >= 0.3 is 5.97 Å². The number of halogens is 1. The number of carbonyl (C=O) groups excluding carboxylic acids is 2. The Morgan fingerprint density at radius 3 is 2.55 bits per heavy atom. The highest BCUT2D eigenvalue weighted by Crippen LogP contribution is 2.62. The van der Waals surface area contributed by atoms with Gasteiger partial charge in [0.05, 0.1) is 20.3 Å². The van der Waals surface area contributed by atoms with Gasteiger partial charge in [0.25, 0.3) is 0 Å². The lowest BCUT2D eigenvalue weighted by Gasteiger charge is -2.37. The first-order valence-electron chi connectivity index (χ1n) is 16.5. The van der Waals surface area contributed by atoms with Gasteiger partial charge < -0.3 is 24.1 Å². The number of cyclic esters (lactones) is 1. The monoisotopic (exact) mass is 612 g/mol. The second kappa shape index (κ2) is 14.2. The first-order valence-corrected chi connectivity index (χ1v) is 16.5. The summed E-state index contributed by atoms with van der Waals surface area (Å²) < 4.78 is 37.5. The third kappa shape index (κ3) is 6.62. The molecule has 0 radical (unpaired) electrons. The van der Waals surface area contributed by atoms with E-state index in [0.717, 1.165) is 37.7 Å². The molecule has 3 fully saturated rings. The number of hydrogen-bond donors (Lipinski definition) is 1. The fourth-order valence-corrected chi connectivity index (χ4v) is 8.82. The van der Waals surface area contributed by atoms with Crippen molar-refractivity contribution in [1.29, 1.82) is 0 Å². The average Bonchev–Trinajstić information content (AvgIpc) is 3.56. The molecule has 0 amide bonds. The predicted molar refractivity (Wildman–Crippen MR) is 163 cm³/mol. The van der Waals surface area contributed by atoms with Crippen molar-refractivity contribution in [2.75, 3.05) is 14.2 Å². The van der Waals surface area contributed by atoms with Crippen molar-refractivity contribution >= 4 is 11.8 Å². The molecule has 0 bridgehead atoms. The second-order valence-electron chi connectivity index (χ2n) is 13.4. The molecule has 5 rings (SSSR count). The van der Waals surface area contributed by atoms with Crippen molar-refractivity contribution in [3.05, 3.63) is 59.3 Å². The van der Waals surface area contributed by atoms with Crippen LogP contribution in [0, 0.1) is 47.2 Å². The van der Waals surface area contributed by atoms with Crippen molar-refractivity contribution < 1.29 is 38.0 Å². The number of allylic oxidation sites excluding steroid dienone is 3. The van der Waals surface area contributed by atoms with Crippen LogP contribution in [0.4, 0.5) is 4.39 Å². The van der Waals surface area contributed by atoms with Crippen molar-refractivity contribution in [3.8, 4) is 0 Å². The number of Topliss-reactive ketones (excluding diaryl/α,β-unsaturated/α-hetero) is 1. The number of fused-ring (bicyclic) bond motifs is 5. The van der Waals surface area contributed by atoms with E-state index >= 15 is 0 Å². The number of methoxy groups -OCH3 is 2. The van der Waals surface area contributed by atoms with Gasteiger partial charge in [-0.05, 0) is 98.7 Å². The highest BCUT2D eigenvalue weighted by atomic mass is 19.1. The van der Waals surface area contributed by atoms with Gasteiger partial charge in [0.2, 0.25) is 6.29 Å². The summed E-state index contributed by atoms with van der Waals surface area (Å²) in [5.74, 6) is -0.463. The van der Waals surface area contributed by atoms with Crippen LogP contribution in [-0.2, 0) is 28.5 Å². The molecule has 8 heteroatoms. The second-order valence-corrected chi connectivity index (χ2v) is 13.4. The normalized spacial score (nSPS) is 37.0. The van der Waals surface area contributed by atoms with E-state index in [2.05, 4.69) is 12.2 Å². The van der Waals surface area contributed by atoms with Gasteiger partial charge in [0, 0.05) is 18.3 Å². The first kappa shape index (κ1) is 32.7. The van der Waals surface area contributed by atoms with Crippen molar-refractivity contribution in [3.63, 3.8) is 0 Å². The SMILES string of the molecule is CC[C@H]1CCCC[C@@H](C)C(=O)C2C(c3cccc(F)c3)C3[C@@H]4C[C@H](O[C@H](O)/C(OC)=C(/C)OC)CC4C=C[C@H]3[C@@H]2CC(=O)O1. The molecule has 11 atom stereocenters. The van der Waals surface area contributed by atoms with Crippen LogP contribution in [-0.4, -0.2) is 49.6 Å². The van der Waals surface area contributed by atoms with E-state index in [1.165, 1.54) is 20.3 Å². The molecule has 0 spiro atoms. The summed E-state index contributed by atoms with van der Waals surface area (Å²) in [6.45, 7) is 5.78. The summed E-state index contributed by atoms with van der Waals surface area (Å²) >= 11 is 0. The molecule has 4 aliphatic rings. The lowest BCUT2D eigenvalue weighted by atomic mass is 9.67. The Morgan fingerprint density at radius 1 is 1.07 bits per heavy atom. The standard InChI is InChI=1S/C36H49FO7/c1-6-25-13-8-7-10-20(2)34(39)33-29(19-30(38)43-25)27-15-14-22-17-26(44-36(40)35(42-5)21(3)41-4)18-28(22)32(27)31(33)23-11-9-12-24(37)16-23/h9,11-12,14-16,20,22,25-29,31-33,36,40H,6-8,10,13,17-19H2,1-5H3/b35-21+/t20-,22?,25+,26-,27+,28-,29+,31?,32?,33?,36+/m1/s1. The number of benzene rings is 1. The Morgan fingerprint density at radius 2 is 1.84 bits per heavy atom. The van der Waals surface area contributed by atoms with Crippen LogP contribution in [0.15, 0.2) is 47.9 Å². The molecule has 1 saturated heterocycles. The van der Waals surface area contributed by atoms with Crippen LogP contribution in [0.5, 0.6) is 0 Å². The molecule has 1 heterocycles. The topological polar surface area (TPSA) is 91.3 Å². The summed E-state index contributed by atoms with van der Waals surface area (Å²) in [5, 5.41) is 10.9. The van der Waals surface area contributed by atoms with Gasteiger partial charge in [-0.1, -0.05) is 44.6 Å². The molecule has 1 aromatic carbocycles. The predicted octanol–water partition coefficient (Wildman–Crippen LogP) is 6.70. The molecular weight excluding hydrogens is 563 g/mol. The first-order chi connectivity index (χ1) is 21.2. The number of ether oxygens (including phenoxy) is 4. The number of rotatable bonds is 7.